The molecule has 2 aliphatic rings. The van der Waals surface area contributed by atoms with Crippen LogP contribution in [0.15, 0.2) is 10.9 Å². The van der Waals surface area contributed by atoms with Crippen LogP contribution in [0, 0.1) is 12.8 Å². The fraction of sp³-hybridized carbons (Fsp3) is 0.650. The largest absolute Gasteiger partial charge is 0.338 e. The van der Waals surface area contributed by atoms with E-state index in [4.69, 9.17) is 0 Å². The lowest BCUT2D eigenvalue weighted by Gasteiger charge is -2.23. The molecule has 0 unspecified atom stereocenters. The Morgan fingerprint density at radius 2 is 2.04 bits per heavy atom. The zero-order valence-electron chi connectivity index (χ0n) is 16.3. The van der Waals surface area contributed by atoms with E-state index in [1.165, 1.54) is 12.8 Å². The molecule has 1 amide bonds. The van der Waals surface area contributed by atoms with E-state index in [1.54, 1.807) is 10.6 Å². The lowest BCUT2D eigenvalue weighted by molar-refractivity contribution is 0.0748. The highest BCUT2D eigenvalue weighted by atomic mass is 16.2. The lowest BCUT2D eigenvalue weighted by Crippen LogP contribution is -2.34. The number of amides is 1. The highest BCUT2D eigenvalue weighted by molar-refractivity contribution is 6.01. The standard InChI is InChI=1S/C20H29N5O2/c1-3-10-24(12-14-4-5-14)20(27)18-13(2)23-25-16(11-17(26)22-19(18)25)15-6-8-21-9-7-15/h11,14-15,21H,3-10,12H2,1-2H3,(H,22,26). The predicted molar refractivity (Wildman–Crippen MR) is 104 cm³/mol. The number of H-pyrrole nitrogens is 1. The van der Waals surface area contributed by atoms with Crippen LogP contribution in [0.25, 0.3) is 5.65 Å². The summed E-state index contributed by atoms with van der Waals surface area (Å²) >= 11 is 0. The summed E-state index contributed by atoms with van der Waals surface area (Å²) in [6.07, 6.45) is 5.29. The van der Waals surface area contributed by atoms with Gasteiger partial charge in [-0.1, -0.05) is 6.92 Å². The van der Waals surface area contributed by atoms with Crippen LogP contribution in [0.2, 0.25) is 0 Å². The van der Waals surface area contributed by atoms with E-state index in [9.17, 15) is 9.59 Å². The number of carbonyl (C=O) groups is 1. The van der Waals surface area contributed by atoms with Crippen molar-refractivity contribution in [1.82, 2.24) is 24.8 Å². The number of nitrogens with one attached hydrogen (secondary N) is 2. The first-order chi connectivity index (χ1) is 13.1. The van der Waals surface area contributed by atoms with E-state index < -0.39 is 0 Å². The van der Waals surface area contributed by atoms with Gasteiger partial charge in [-0.15, -0.1) is 0 Å². The van der Waals surface area contributed by atoms with Crippen LogP contribution in [0.5, 0.6) is 0 Å². The van der Waals surface area contributed by atoms with Crippen molar-refractivity contribution >= 4 is 11.6 Å². The van der Waals surface area contributed by atoms with Crippen molar-refractivity contribution in [3.63, 3.8) is 0 Å². The average molecular weight is 371 g/mol. The molecule has 2 aromatic rings. The Morgan fingerprint density at radius 1 is 1.30 bits per heavy atom. The molecule has 0 aromatic carbocycles. The highest BCUT2D eigenvalue weighted by Crippen LogP contribution is 2.31. The minimum Gasteiger partial charge on any atom is -0.338 e. The van der Waals surface area contributed by atoms with Gasteiger partial charge in [0.25, 0.3) is 11.5 Å². The Balaban J connectivity index is 1.76. The molecule has 0 radical (unpaired) electrons. The first-order valence-corrected chi connectivity index (χ1v) is 10.2. The quantitative estimate of drug-likeness (QED) is 0.814. The van der Waals surface area contributed by atoms with Crippen LogP contribution in [0.3, 0.4) is 0 Å². The Labute approximate surface area is 159 Å². The van der Waals surface area contributed by atoms with E-state index in [2.05, 4.69) is 22.3 Å². The lowest BCUT2D eigenvalue weighted by atomic mass is 9.94. The normalized spacial score (nSPS) is 18.1. The van der Waals surface area contributed by atoms with Crippen molar-refractivity contribution < 1.29 is 4.79 Å². The van der Waals surface area contributed by atoms with Gasteiger partial charge in [0.05, 0.1) is 11.4 Å². The van der Waals surface area contributed by atoms with Gasteiger partial charge < -0.3 is 15.2 Å². The zero-order valence-corrected chi connectivity index (χ0v) is 16.3. The molecule has 4 rings (SSSR count). The minimum absolute atomic E-state index is 0.00522. The van der Waals surface area contributed by atoms with Crippen molar-refractivity contribution in [2.24, 2.45) is 5.92 Å². The number of aromatic amines is 1. The second kappa shape index (κ2) is 7.46. The van der Waals surface area contributed by atoms with Crippen LogP contribution < -0.4 is 10.9 Å². The summed E-state index contributed by atoms with van der Waals surface area (Å²) < 4.78 is 1.81. The second-order valence-electron chi connectivity index (χ2n) is 8.00. The third-order valence-electron chi connectivity index (χ3n) is 5.75. The van der Waals surface area contributed by atoms with Crippen LogP contribution in [-0.2, 0) is 0 Å². The Bertz CT molecular complexity index is 890. The number of piperidine rings is 1. The van der Waals surface area contributed by atoms with Crippen molar-refractivity contribution in [3.8, 4) is 0 Å². The van der Waals surface area contributed by atoms with Crippen LogP contribution >= 0.6 is 0 Å². The van der Waals surface area contributed by atoms with E-state index in [0.29, 0.717) is 22.8 Å². The summed E-state index contributed by atoms with van der Waals surface area (Å²) in [5, 5.41) is 8.02. The smallest absolute Gasteiger partial charge is 0.259 e. The molecule has 7 heteroatoms. The number of hydrogen-bond acceptors (Lipinski definition) is 4. The maximum Gasteiger partial charge on any atom is 0.259 e. The minimum atomic E-state index is -0.158. The van der Waals surface area contributed by atoms with Gasteiger partial charge in [-0.25, -0.2) is 4.52 Å². The third kappa shape index (κ3) is 3.65. The van der Waals surface area contributed by atoms with Gasteiger partial charge in [0.15, 0.2) is 0 Å². The number of fused-ring (bicyclic) bond motifs is 1. The number of aromatic nitrogens is 3. The molecule has 1 saturated heterocycles. The Morgan fingerprint density at radius 3 is 2.70 bits per heavy atom. The van der Waals surface area contributed by atoms with Gasteiger partial charge in [-0.3, -0.25) is 9.59 Å². The molecule has 146 valence electrons. The van der Waals surface area contributed by atoms with Crippen LogP contribution in [0.1, 0.15) is 66.7 Å². The van der Waals surface area contributed by atoms with Crippen LogP contribution in [0.4, 0.5) is 0 Å². The maximum absolute atomic E-state index is 13.3. The summed E-state index contributed by atoms with van der Waals surface area (Å²) in [6.45, 7) is 7.39. The SMILES string of the molecule is CCCN(CC1CC1)C(=O)c1c(C)nn2c(C3CCNCC3)cc(=O)[nH]c12. The molecule has 2 fully saturated rings. The van der Waals surface area contributed by atoms with E-state index in [0.717, 1.165) is 51.1 Å². The summed E-state index contributed by atoms with van der Waals surface area (Å²) in [5.41, 5.74) is 2.55. The molecule has 1 aliphatic carbocycles. The Kier molecular flexibility index (Phi) is 5.04. The molecule has 2 N–H and O–H groups in total. The molecule has 0 atom stereocenters. The van der Waals surface area contributed by atoms with Gasteiger partial charge in [-0.2, -0.15) is 5.10 Å². The summed E-state index contributed by atoms with van der Waals surface area (Å²) in [4.78, 5) is 30.5. The molecule has 0 bridgehead atoms. The van der Waals surface area contributed by atoms with Crippen molar-refractivity contribution in [1.29, 1.82) is 0 Å². The van der Waals surface area contributed by atoms with Gasteiger partial charge >= 0.3 is 0 Å². The second-order valence-corrected chi connectivity index (χ2v) is 8.00. The van der Waals surface area contributed by atoms with Crippen LogP contribution in [-0.4, -0.2) is 51.6 Å². The summed E-state index contributed by atoms with van der Waals surface area (Å²) in [6, 6.07) is 1.65. The third-order valence-corrected chi connectivity index (χ3v) is 5.75. The molecular formula is C20H29N5O2. The monoisotopic (exact) mass is 371 g/mol. The summed E-state index contributed by atoms with van der Waals surface area (Å²) in [5.74, 6) is 0.915. The first-order valence-electron chi connectivity index (χ1n) is 10.2. The fourth-order valence-electron chi connectivity index (χ4n) is 4.16. The molecule has 1 aliphatic heterocycles. The highest BCUT2D eigenvalue weighted by Gasteiger charge is 2.30. The molecule has 1 saturated carbocycles. The number of nitrogens with zero attached hydrogens (tertiary/aromatic N) is 3. The van der Waals surface area contributed by atoms with Gasteiger partial charge in [-0.05, 0) is 58.0 Å². The van der Waals surface area contributed by atoms with E-state index in [-0.39, 0.29) is 17.4 Å². The number of aryl methyl sites for hydroxylation is 1. The molecule has 2 aromatic heterocycles. The molecule has 27 heavy (non-hydrogen) atoms. The first kappa shape index (κ1) is 18.2. The maximum atomic E-state index is 13.3. The predicted octanol–water partition coefficient (Wildman–Crippen LogP) is 2.06. The number of rotatable bonds is 6. The van der Waals surface area contributed by atoms with E-state index >= 15 is 0 Å². The van der Waals surface area contributed by atoms with E-state index in [1.807, 2.05) is 11.8 Å². The zero-order chi connectivity index (χ0) is 19.0. The molecule has 3 heterocycles. The molecular weight excluding hydrogens is 342 g/mol. The molecule has 7 nitrogen and oxygen atoms in total. The van der Waals surface area contributed by atoms with Crippen molar-refractivity contribution in [2.75, 3.05) is 26.2 Å². The van der Waals surface area contributed by atoms with Gasteiger partial charge in [0, 0.05) is 25.1 Å². The fourth-order valence-corrected chi connectivity index (χ4v) is 4.16. The number of carbonyl (C=O) groups excluding carboxylic acids is 1. The topological polar surface area (TPSA) is 82.5 Å². The summed E-state index contributed by atoms with van der Waals surface area (Å²) in [7, 11) is 0. The average Bonchev–Trinajstić information content (AvgIpc) is 3.42. The number of hydrogen-bond donors (Lipinski definition) is 2. The molecule has 0 spiro atoms. The van der Waals surface area contributed by atoms with Gasteiger partial charge in [0.1, 0.15) is 11.2 Å². The van der Waals surface area contributed by atoms with Gasteiger partial charge in [0.2, 0.25) is 0 Å². The van der Waals surface area contributed by atoms with Crippen molar-refractivity contribution in [3.05, 3.63) is 33.4 Å². The Hall–Kier alpha value is -2.15. The van der Waals surface area contributed by atoms with Crippen molar-refractivity contribution in [2.45, 2.75) is 51.9 Å².